The summed E-state index contributed by atoms with van der Waals surface area (Å²) in [6, 6.07) is 3.44. The van der Waals surface area contributed by atoms with Crippen LogP contribution in [0.5, 0.6) is 0 Å². The van der Waals surface area contributed by atoms with Crippen LogP contribution in [0.4, 0.5) is 10.1 Å². The maximum Gasteiger partial charge on any atom is 0.250 e. The van der Waals surface area contributed by atoms with E-state index in [1.54, 1.807) is 6.07 Å². The van der Waals surface area contributed by atoms with Gasteiger partial charge in [0.25, 0.3) is 0 Å². The van der Waals surface area contributed by atoms with Gasteiger partial charge in [0.05, 0.1) is 18.9 Å². The first-order chi connectivity index (χ1) is 10.2. The van der Waals surface area contributed by atoms with Crippen molar-refractivity contribution in [1.29, 1.82) is 0 Å². The summed E-state index contributed by atoms with van der Waals surface area (Å²) in [6.07, 6.45) is 0.635. The van der Waals surface area contributed by atoms with Gasteiger partial charge in [-0.05, 0) is 37.1 Å². The number of halogens is 1. The Morgan fingerprint density at radius 3 is 3.00 bits per heavy atom. The molecule has 0 aliphatic carbocycles. The number of carbonyl (C=O) groups excluding carboxylic acids is 1. The molecule has 0 atom stereocenters. The Balaban J connectivity index is 1.86. The van der Waals surface area contributed by atoms with Crippen molar-refractivity contribution in [3.8, 4) is 0 Å². The number of benzene rings is 1. The van der Waals surface area contributed by atoms with E-state index in [9.17, 15) is 9.18 Å². The molecule has 6 heteroatoms. The molecule has 0 radical (unpaired) electrons. The quantitative estimate of drug-likeness (QED) is 0.748. The van der Waals surface area contributed by atoms with Crippen LogP contribution >= 0.6 is 0 Å². The van der Waals surface area contributed by atoms with Gasteiger partial charge in [0, 0.05) is 13.2 Å². The van der Waals surface area contributed by atoms with Crippen molar-refractivity contribution in [2.45, 2.75) is 19.9 Å². The van der Waals surface area contributed by atoms with Crippen LogP contribution in [0, 0.1) is 5.82 Å². The molecule has 0 spiro atoms. The van der Waals surface area contributed by atoms with Gasteiger partial charge in [-0.3, -0.25) is 4.79 Å². The molecule has 2 rings (SSSR count). The van der Waals surface area contributed by atoms with Crippen LogP contribution in [0.15, 0.2) is 12.1 Å². The summed E-state index contributed by atoms with van der Waals surface area (Å²) in [5, 5.41) is 5.74. The fraction of sp³-hybridized carbons (Fsp3) is 0.533. The Morgan fingerprint density at radius 1 is 1.38 bits per heavy atom. The van der Waals surface area contributed by atoms with Crippen molar-refractivity contribution in [3.63, 3.8) is 0 Å². The highest BCUT2D eigenvalue weighted by Crippen LogP contribution is 2.24. The predicted molar refractivity (Wildman–Crippen MR) is 77.8 cm³/mol. The van der Waals surface area contributed by atoms with Crippen molar-refractivity contribution >= 4 is 11.6 Å². The van der Waals surface area contributed by atoms with E-state index in [1.165, 1.54) is 0 Å². The Hall–Kier alpha value is -1.50. The minimum absolute atomic E-state index is 0.106. The molecule has 0 bridgehead atoms. The average Bonchev–Trinajstić information content (AvgIpc) is 2.50. The zero-order valence-electron chi connectivity index (χ0n) is 12.2. The van der Waals surface area contributed by atoms with Crippen LogP contribution in [0.3, 0.4) is 0 Å². The van der Waals surface area contributed by atoms with E-state index in [0.29, 0.717) is 38.3 Å². The minimum atomic E-state index is -0.362. The van der Waals surface area contributed by atoms with Gasteiger partial charge < -0.3 is 20.1 Å². The lowest BCUT2D eigenvalue weighted by Crippen LogP contribution is -2.26. The van der Waals surface area contributed by atoms with Gasteiger partial charge in [0.15, 0.2) is 0 Å². The van der Waals surface area contributed by atoms with E-state index in [1.807, 2.05) is 13.0 Å². The standard InChI is InChI=1S/C15H21FN2O3/c1-2-20-7-8-21-10-14(19)18-13-4-3-11-9-17-6-5-12(11)15(13)16/h3-4,17H,2,5-10H2,1H3,(H,18,19). The topological polar surface area (TPSA) is 59.6 Å². The van der Waals surface area contributed by atoms with Crippen molar-refractivity contribution in [1.82, 2.24) is 5.32 Å². The molecular formula is C15H21FN2O3. The van der Waals surface area contributed by atoms with E-state index >= 15 is 0 Å². The number of rotatable bonds is 7. The molecule has 1 aromatic carbocycles. The van der Waals surface area contributed by atoms with Gasteiger partial charge >= 0.3 is 0 Å². The number of hydrogen-bond acceptors (Lipinski definition) is 4. The number of fused-ring (bicyclic) bond motifs is 1. The fourth-order valence-electron chi connectivity index (χ4n) is 2.24. The molecule has 1 amide bonds. The first-order valence-electron chi connectivity index (χ1n) is 7.18. The molecule has 0 saturated heterocycles. The average molecular weight is 296 g/mol. The van der Waals surface area contributed by atoms with Crippen LogP contribution < -0.4 is 10.6 Å². The summed E-state index contributed by atoms with van der Waals surface area (Å²) in [6.45, 7) is 4.61. The van der Waals surface area contributed by atoms with E-state index in [-0.39, 0.29) is 24.0 Å². The summed E-state index contributed by atoms with van der Waals surface area (Å²) >= 11 is 0. The molecular weight excluding hydrogens is 275 g/mol. The molecule has 1 aliphatic rings. The molecule has 0 saturated carbocycles. The van der Waals surface area contributed by atoms with E-state index < -0.39 is 0 Å². The van der Waals surface area contributed by atoms with Crippen molar-refractivity contribution in [2.75, 3.05) is 38.3 Å². The second kappa shape index (κ2) is 8.07. The zero-order chi connectivity index (χ0) is 15.1. The number of anilines is 1. The number of ether oxygens (including phenoxy) is 2. The van der Waals surface area contributed by atoms with Crippen LogP contribution in [-0.2, 0) is 27.2 Å². The molecule has 5 nitrogen and oxygen atoms in total. The summed E-state index contributed by atoms with van der Waals surface area (Å²) in [7, 11) is 0. The second-order valence-corrected chi connectivity index (χ2v) is 4.79. The minimum Gasteiger partial charge on any atom is -0.379 e. The third-order valence-corrected chi connectivity index (χ3v) is 3.29. The van der Waals surface area contributed by atoms with Gasteiger partial charge in [-0.15, -0.1) is 0 Å². The smallest absolute Gasteiger partial charge is 0.250 e. The summed E-state index contributed by atoms with van der Waals surface area (Å²) in [5.74, 6) is -0.698. The predicted octanol–water partition coefficient (Wildman–Crippen LogP) is 1.46. The van der Waals surface area contributed by atoms with Gasteiger partial charge in [0.1, 0.15) is 12.4 Å². The normalized spacial score (nSPS) is 13.8. The molecule has 1 heterocycles. The summed E-state index contributed by atoms with van der Waals surface area (Å²) in [5.41, 5.74) is 1.85. The third kappa shape index (κ3) is 4.49. The summed E-state index contributed by atoms with van der Waals surface area (Å²) in [4.78, 5) is 11.7. The van der Waals surface area contributed by atoms with Crippen molar-refractivity contribution in [3.05, 3.63) is 29.1 Å². The first kappa shape index (κ1) is 15.9. The van der Waals surface area contributed by atoms with Crippen LogP contribution in [0.25, 0.3) is 0 Å². The molecule has 116 valence electrons. The Kier molecular flexibility index (Phi) is 6.10. The van der Waals surface area contributed by atoms with Crippen LogP contribution in [-0.4, -0.2) is 38.9 Å². The van der Waals surface area contributed by atoms with E-state index in [0.717, 1.165) is 12.1 Å². The van der Waals surface area contributed by atoms with E-state index in [2.05, 4.69) is 10.6 Å². The maximum atomic E-state index is 14.3. The third-order valence-electron chi connectivity index (χ3n) is 3.29. The van der Waals surface area contributed by atoms with Crippen LogP contribution in [0.2, 0.25) is 0 Å². The highest BCUT2D eigenvalue weighted by molar-refractivity contribution is 5.92. The van der Waals surface area contributed by atoms with Gasteiger partial charge in [-0.1, -0.05) is 6.07 Å². The lowest BCUT2D eigenvalue weighted by Gasteiger charge is -2.19. The summed E-state index contributed by atoms with van der Waals surface area (Å²) < 4.78 is 24.5. The number of carbonyl (C=O) groups is 1. The van der Waals surface area contributed by atoms with Gasteiger partial charge in [-0.2, -0.15) is 0 Å². The van der Waals surface area contributed by atoms with Crippen molar-refractivity contribution in [2.24, 2.45) is 0 Å². The van der Waals surface area contributed by atoms with Gasteiger partial charge in [0.2, 0.25) is 5.91 Å². The Labute approximate surface area is 123 Å². The SMILES string of the molecule is CCOCCOCC(=O)Nc1ccc2c(c1F)CCNC2. The number of nitrogens with one attached hydrogen (secondary N) is 2. The molecule has 1 aromatic rings. The molecule has 0 unspecified atom stereocenters. The number of hydrogen-bond donors (Lipinski definition) is 2. The Morgan fingerprint density at radius 2 is 2.19 bits per heavy atom. The molecule has 1 aliphatic heterocycles. The largest absolute Gasteiger partial charge is 0.379 e. The number of amides is 1. The molecule has 0 aromatic heterocycles. The molecule has 21 heavy (non-hydrogen) atoms. The lowest BCUT2D eigenvalue weighted by molar-refractivity contribution is -0.121. The Bertz CT molecular complexity index is 494. The van der Waals surface area contributed by atoms with Gasteiger partial charge in [-0.25, -0.2) is 4.39 Å². The van der Waals surface area contributed by atoms with E-state index in [4.69, 9.17) is 9.47 Å². The highest BCUT2D eigenvalue weighted by Gasteiger charge is 2.17. The zero-order valence-corrected chi connectivity index (χ0v) is 12.2. The fourth-order valence-corrected chi connectivity index (χ4v) is 2.24. The monoisotopic (exact) mass is 296 g/mol. The second-order valence-electron chi connectivity index (χ2n) is 4.79. The highest BCUT2D eigenvalue weighted by atomic mass is 19.1. The first-order valence-corrected chi connectivity index (χ1v) is 7.18. The maximum absolute atomic E-state index is 14.3. The molecule has 0 fully saturated rings. The van der Waals surface area contributed by atoms with Crippen molar-refractivity contribution < 1.29 is 18.7 Å². The van der Waals surface area contributed by atoms with Crippen LogP contribution in [0.1, 0.15) is 18.1 Å². The lowest BCUT2D eigenvalue weighted by atomic mass is 9.99. The molecule has 2 N–H and O–H groups in total.